The fourth-order valence-corrected chi connectivity index (χ4v) is 9.43. The van der Waals surface area contributed by atoms with Gasteiger partial charge in [-0.25, -0.2) is 0 Å². The zero-order valence-electron chi connectivity index (χ0n) is 29.2. The number of ether oxygens (including phenoxy) is 1. The molecular formula is C51H31NO2. The number of nitrogens with zero attached hydrogens (tertiary/aromatic N) is 1. The molecule has 12 rings (SSSR count). The molecule has 0 saturated heterocycles. The Labute approximate surface area is 311 Å². The Morgan fingerprint density at radius 2 is 1.00 bits per heavy atom. The van der Waals surface area contributed by atoms with Gasteiger partial charge < -0.3 is 14.1 Å². The number of furan rings is 1. The van der Waals surface area contributed by atoms with Crippen LogP contribution in [0.15, 0.2) is 192 Å². The molecule has 10 aromatic rings. The van der Waals surface area contributed by atoms with Crippen molar-refractivity contribution < 1.29 is 9.15 Å². The summed E-state index contributed by atoms with van der Waals surface area (Å²) < 4.78 is 13.4. The van der Waals surface area contributed by atoms with E-state index in [0.29, 0.717) is 0 Å². The lowest BCUT2D eigenvalue weighted by Crippen LogP contribution is -2.36. The number of benzene rings is 9. The standard InChI is InChI=1S/C51H31NO2/c1-2-16-35(17-3-1)52(37-24-26-39-41-28-33-12-4-5-13-34(33)29-48(41)54-49(39)31-37)36-25-27-47-45(30-36)51(43-21-8-9-23-46(43)53-47)42-20-7-6-18-38(42)40-19-10-14-32-15-11-22-44(51)50(32)40/h1-31H. The molecular weight excluding hydrogens is 659 g/mol. The molecule has 1 spiro atoms. The monoisotopic (exact) mass is 689 g/mol. The predicted molar refractivity (Wildman–Crippen MR) is 221 cm³/mol. The highest BCUT2D eigenvalue weighted by Crippen LogP contribution is 2.61. The summed E-state index contributed by atoms with van der Waals surface area (Å²) in [5.74, 6) is 1.74. The lowest BCUT2D eigenvalue weighted by Gasteiger charge is -2.45. The molecule has 9 aromatic carbocycles. The molecule has 1 unspecified atom stereocenters. The molecule has 3 nitrogen and oxygen atoms in total. The van der Waals surface area contributed by atoms with E-state index >= 15 is 0 Å². The van der Waals surface area contributed by atoms with Crippen LogP contribution in [0, 0.1) is 0 Å². The second kappa shape index (κ2) is 11.0. The van der Waals surface area contributed by atoms with Gasteiger partial charge in [0.25, 0.3) is 0 Å². The van der Waals surface area contributed by atoms with E-state index < -0.39 is 5.41 Å². The first-order valence-corrected chi connectivity index (χ1v) is 18.5. The van der Waals surface area contributed by atoms with Gasteiger partial charge in [0.1, 0.15) is 22.7 Å². The van der Waals surface area contributed by atoms with Gasteiger partial charge in [-0.15, -0.1) is 0 Å². The summed E-state index contributed by atoms with van der Waals surface area (Å²) in [6.07, 6.45) is 0. The lowest BCUT2D eigenvalue weighted by atomic mass is 9.58. The van der Waals surface area contributed by atoms with Gasteiger partial charge in [0, 0.05) is 45.0 Å². The van der Waals surface area contributed by atoms with Gasteiger partial charge in [0.05, 0.1) is 5.41 Å². The second-order valence-electron chi connectivity index (χ2n) is 14.4. The molecule has 0 bridgehead atoms. The maximum Gasteiger partial charge on any atom is 0.137 e. The third kappa shape index (κ3) is 3.96. The summed E-state index contributed by atoms with van der Waals surface area (Å²) in [6.45, 7) is 0. The summed E-state index contributed by atoms with van der Waals surface area (Å²) in [7, 11) is 0. The summed E-state index contributed by atoms with van der Waals surface area (Å²) in [5.41, 5.74) is 11.5. The van der Waals surface area contributed by atoms with Gasteiger partial charge in [0.2, 0.25) is 0 Å². The van der Waals surface area contributed by atoms with Crippen molar-refractivity contribution in [3.63, 3.8) is 0 Å². The summed E-state index contributed by atoms with van der Waals surface area (Å²) >= 11 is 0. The molecule has 0 saturated carbocycles. The van der Waals surface area contributed by atoms with Gasteiger partial charge in [-0.3, -0.25) is 0 Å². The highest BCUT2D eigenvalue weighted by Gasteiger charge is 2.49. The number of fused-ring (bicyclic) bond motifs is 12. The van der Waals surface area contributed by atoms with E-state index in [-0.39, 0.29) is 0 Å². The van der Waals surface area contributed by atoms with Crippen molar-refractivity contribution in [3.8, 4) is 22.6 Å². The molecule has 2 aliphatic rings. The maximum absolute atomic E-state index is 6.84. The number of rotatable bonds is 3. The van der Waals surface area contributed by atoms with Crippen molar-refractivity contribution in [2.75, 3.05) is 4.90 Å². The first kappa shape index (κ1) is 29.5. The van der Waals surface area contributed by atoms with Crippen molar-refractivity contribution in [2.24, 2.45) is 0 Å². The van der Waals surface area contributed by atoms with Crippen LogP contribution in [-0.4, -0.2) is 0 Å². The summed E-state index contributed by atoms with van der Waals surface area (Å²) in [6, 6.07) is 67.7. The van der Waals surface area contributed by atoms with Crippen molar-refractivity contribution in [1.82, 2.24) is 0 Å². The maximum atomic E-state index is 6.84. The fourth-order valence-electron chi connectivity index (χ4n) is 9.43. The number of para-hydroxylation sites is 2. The molecule has 252 valence electrons. The molecule has 2 heterocycles. The predicted octanol–water partition coefficient (Wildman–Crippen LogP) is 13.8. The van der Waals surface area contributed by atoms with Gasteiger partial charge in [-0.2, -0.15) is 0 Å². The molecule has 1 aliphatic carbocycles. The van der Waals surface area contributed by atoms with Crippen LogP contribution in [0.25, 0.3) is 54.6 Å². The van der Waals surface area contributed by atoms with Crippen LogP contribution in [0.3, 0.4) is 0 Å². The Hall–Kier alpha value is -7.10. The average Bonchev–Trinajstić information content (AvgIpc) is 3.58. The SMILES string of the molecule is c1ccc(N(c2ccc3c(c2)C2(c4ccccc4O3)c3ccccc3-c3cccc4cccc2c34)c2ccc3c(c2)oc2cc4ccccc4cc23)cc1. The number of hydrogen-bond donors (Lipinski definition) is 0. The van der Waals surface area contributed by atoms with E-state index in [1.54, 1.807) is 0 Å². The first-order chi connectivity index (χ1) is 26.8. The molecule has 3 heteroatoms. The zero-order chi connectivity index (χ0) is 35.4. The van der Waals surface area contributed by atoms with Crippen LogP contribution in [-0.2, 0) is 5.41 Å². The van der Waals surface area contributed by atoms with E-state index in [1.165, 1.54) is 43.8 Å². The number of anilines is 3. The summed E-state index contributed by atoms with van der Waals surface area (Å²) in [4.78, 5) is 2.33. The highest BCUT2D eigenvalue weighted by atomic mass is 16.5. The van der Waals surface area contributed by atoms with Crippen LogP contribution >= 0.6 is 0 Å². The average molecular weight is 690 g/mol. The third-order valence-corrected chi connectivity index (χ3v) is 11.7. The van der Waals surface area contributed by atoms with Gasteiger partial charge in [-0.1, -0.05) is 121 Å². The van der Waals surface area contributed by atoms with Crippen LogP contribution in [0.5, 0.6) is 11.5 Å². The lowest BCUT2D eigenvalue weighted by molar-refractivity contribution is 0.435. The largest absolute Gasteiger partial charge is 0.457 e. The third-order valence-electron chi connectivity index (χ3n) is 11.7. The molecule has 54 heavy (non-hydrogen) atoms. The van der Waals surface area contributed by atoms with Crippen molar-refractivity contribution in [1.29, 1.82) is 0 Å². The minimum Gasteiger partial charge on any atom is -0.457 e. The Bertz CT molecular complexity index is 3150. The molecule has 0 radical (unpaired) electrons. The molecule has 1 aromatic heterocycles. The first-order valence-electron chi connectivity index (χ1n) is 18.5. The fraction of sp³-hybridized carbons (Fsp3) is 0.0196. The molecule has 1 aliphatic heterocycles. The molecule has 1 atom stereocenters. The Kier molecular flexibility index (Phi) is 5.98. The van der Waals surface area contributed by atoms with E-state index in [2.05, 4.69) is 193 Å². The second-order valence-corrected chi connectivity index (χ2v) is 14.4. The normalized spacial score (nSPS) is 15.3. The van der Waals surface area contributed by atoms with Gasteiger partial charge in [-0.05, 0) is 104 Å². The minimum absolute atomic E-state index is 0.627. The molecule has 0 amide bonds. The van der Waals surface area contributed by atoms with Crippen LogP contribution < -0.4 is 9.64 Å². The number of hydrogen-bond acceptors (Lipinski definition) is 3. The van der Waals surface area contributed by atoms with Crippen LogP contribution in [0.4, 0.5) is 17.1 Å². The van der Waals surface area contributed by atoms with Crippen molar-refractivity contribution in [3.05, 3.63) is 210 Å². The topological polar surface area (TPSA) is 25.6 Å². The minimum atomic E-state index is -0.627. The zero-order valence-corrected chi connectivity index (χ0v) is 29.2. The molecule has 0 fully saturated rings. The van der Waals surface area contributed by atoms with Gasteiger partial charge >= 0.3 is 0 Å². The van der Waals surface area contributed by atoms with E-state index in [9.17, 15) is 0 Å². The van der Waals surface area contributed by atoms with Gasteiger partial charge in [0.15, 0.2) is 0 Å². The Morgan fingerprint density at radius 3 is 1.89 bits per heavy atom. The highest BCUT2D eigenvalue weighted by molar-refractivity contribution is 6.11. The quantitative estimate of drug-likeness (QED) is 0.185. The van der Waals surface area contributed by atoms with E-state index in [0.717, 1.165) is 61.6 Å². The Morgan fingerprint density at radius 1 is 0.370 bits per heavy atom. The van der Waals surface area contributed by atoms with Crippen molar-refractivity contribution >= 4 is 60.5 Å². The smallest absolute Gasteiger partial charge is 0.137 e. The molecule has 0 N–H and O–H groups in total. The van der Waals surface area contributed by atoms with Crippen LogP contribution in [0.2, 0.25) is 0 Å². The van der Waals surface area contributed by atoms with Crippen LogP contribution in [0.1, 0.15) is 22.3 Å². The van der Waals surface area contributed by atoms with E-state index in [1.807, 2.05) is 0 Å². The van der Waals surface area contributed by atoms with E-state index in [4.69, 9.17) is 9.15 Å². The van der Waals surface area contributed by atoms with Crippen molar-refractivity contribution in [2.45, 2.75) is 5.41 Å². The summed E-state index contributed by atoms with van der Waals surface area (Å²) in [5, 5.41) is 7.13. The Balaban J connectivity index is 1.13.